The third-order valence-corrected chi connectivity index (χ3v) is 4.91. The molecule has 2 aliphatic rings. The van der Waals surface area contributed by atoms with Crippen molar-refractivity contribution in [1.29, 1.82) is 0 Å². The highest BCUT2D eigenvalue weighted by molar-refractivity contribution is 4.91. The molecule has 0 amide bonds. The molecule has 0 spiro atoms. The minimum atomic E-state index is 0.502. The van der Waals surface area contributed by atoms with Gasteiger partial charge in [-0.1, -0.05) is 12.8 Å². The summed E-state index contributed by atoms with van der Waals surface area (Å²) in [4.78, 5) is 4.83. The van der Waals surface area contributed by atoms with Crippen LogP contribution in [0.2, 0.25) is 0 Å². The van der Waals surface area contributed by atoms with Crippen LogP contribution in [0.15, 0.2) is 0 Å². The molecule has 108 valence electrons. The Morgan fingerprint density at radius 3 is 2.42 bits per heavy atom. The molecule has 2 heterocycles. The summed E-state index contributed by atoms with van der Waals surface area (Å²) in [5, 5.41) is 3.81. The normalized spacial score (nSPS) is 26.2. The Bertz CT molecular complexity index is 304. The van der Waals surface area contributed by atoms with Crippen molar-refractivity contribution >= 4 is 0 Å². The van der Waals surface area contributed by atoms with Crippen LogP contribution in [-0.2, 0) is 0 Å². The maximum atomic E-state index is 5.37. The molecule has 0 aliphatic carbocycles. The van der Waals surface area contributed by atoms with Gasteiger partial charge in [-0.15, -0.1) is 6.42 Å². The summed E-state index contributed by atoms with van der Waals surface area (Å²) in [6.45, 7) is 9.25. The Morgan fingerprint density at radius 1 is 1.21 bits per heavy atom. The van der Waals surface area contributed by atoms with Crippen molar-refractivity contribution < 1.29 is 0 Å². The fourth-order valence-corrected chi connectivity index (χ4v) is 3.15. The number of rotatable bonds is 4. The number of nitrogens with one attached hydrogen (secondary N) is 1. The van der Waals surface area contributed by atoms with E-state index >= 15 is 0 Å². The van der Waals surface area contributed by atoms with Gasteiger partial charge in [-0.25, -0.2) is 0 Å². The van der Waals surface area contributed by atoms with Crippen LogP contribution in [0.1, 0.15) is 32.6 Å². The molecule has 0 unspecified atom stereocenters. The average Bonchev–Trinajstić information content (AvgIpc) is 2.42. The molecule has 19 heavy (non-hydrogen) atoms. The molecule has 0 bridgehead atoms. The molecule has 0 radical (unpaired) electrons. The Labute approximate surface area is 118 Å². The second-order valence-corrected chi connectivity index (χ2v) is 6.75. The molecule has 3 heteroatoms. The van der Waals surface area contributed by atoms with Gasteiger partial charge in [0.05, 0.1) is 6.54 Å². The summed E-state index contributed by atoms with van der Waals surface area (Å²) in [7, 11) is 2.23. The standard InChI is InChI=1S/C16H29N3/c1-4-9-19-10-5-15(6-11-19)17-14-16(2)7-12-18(3)13-8-16/h1,15,17H,5-14H2,2-3H3. The van der Waals surface area contributed by atoms with E-state index in [1.54, 1.807) is 0 Å². The van der Waals surface area contributed by atoms with Crippen molar-refractivity contribution in [2.45, 2.75) is 38.6 Å². The third-order valence-electron chi connectivity index (χ3n) is 4.91. The predicted octanol–water partition coefficient (Wildman–Crippen LogP) is 1.41. The molecule has 1 N–H and O–H groups in total. The molecule has 2 aliphatic heterocycles. The summed E-state index contributed by atoms with van der Waals surface area (Å²) in [6.07, 6.45) is 10.5. The van der Waals surface area contributed by atoms with Crippen molar-refractivity contribution in [3.05, 3.63) is 0 Å². The lowest BCUT2D eigenvalue weighted by atomic mass is 9.80. The smallest absolute Gasteiger partial charge is 0.0598 e. The van der Waals surface area contributed by atoms with Gasteiger partial charge in [0.1, 0.15) is 0 Å². The van der Waals surface area contributed by atoms with Crippen LogP contribution in [-0.4, -0.2) is 62.2 Å². The van der Waals surface area contributed by atoms with Crippen LogP contribution in [0, 0.1) is 17.8 Å². The number of hydrogen-bond donors (Lipinski definition) is 1. The summed E-state index contributed by atoms with van der Waals surface area (Å²) < 4.78 is 0. The van der Waals surface area contributed by atoms with Gasteiger partial charge in [0.15, 0.2) is 0 Å². The van der Waals surface area contributed by atoms with E-state index in [1.807, 2.05) is 0 Å². The molecular formula is C16H29N3. The average molecular weight is 263 g/mol. The Kier molecular flexibility index (Phi) is 5.27. The predicted molar refractivity (Wildman–Crippen MR) is 81.1 cm³/mol. The second-order valence-electron chi connectivity index (χ2n) is 6.75. The van der Waals surface area contributed by atoms with E-state index in [9.17, 15) is 0 Å². The van der Waals surface area contributed by atoms with Crippen molar-refractivity contribution in [2.75, 3.05) is 46.3 Å². The van der Waals surface area contributed by atoms with Gasteiger partial charge in [0.2, 0.25) is 0 Å². The number of likely N-dealkylation sites (tertiary alicyclic amines) is 2. The Hall–Kier alpha value is -0.560. The van der Waals surface area contributed by atoms with Crippen LogP contribution in [0.25, 0.3) is 0 Å². The van der Waals surface area contributed by atoms with Gasteiger partial charge in [-0.05, 0) is 51.2 Å². The first-order valence-corrected chi connectivity index (χ1v) is 7.69. The molecule has 0 saturated carbocycles. The van der Waals surface area contributed by atoms with Crippen molar-refractivity contribution in [3.63, 3.8) is 0 Å². The summed E-state index contributed by atoms with van der Waals surface area (Å²) in [5.74, 6) is 2.75. The highest BCUT2D eigenvalue weighted by Crippen LogP contribution is 2.29. The van der Waals surface area contributed by atoms with Crippen molar-refractivity contribution in [3.8, 4) is 12.3 Å². The molecule has 0 aromatic rings. The lowest BCUT2D eigenvalue weighted by Gasteiger charge is -2.40. The zero-order chi connectivity index (χ0) is 13.7. The maximum absolute atomic E-state index is 5.37. The van der Waals surface area contributed by atoms with E-state index in [0.29, 0.717) is 11.5 Å². The highest BCUT2D eigenvalue weighted by atomic mass is 15.1. The van der Waals surface area contributed by atoms with Gasteiger partial charge in [-0.2, -0.15) is 0 Å². The van der Waals surface area contributed by atoms with Gasteiger partial charge in [0, 0.05) is 25.7 Å². The van der Waals surface area contributed by atoms with Crippen LogP contribution >= 0.6 is 0 Å². The van der Waals surface area contributed by atoms with Gasteiger partial charge >= 0.3 is 0 Å². The maximum Gasteiger partial charge on any atom is 0.0598 e. The summed E-state index contributed by atoms with van der Waals surface area (Å²) in [6, 6.07) is 0.700. The number of piperidine rings is 2. The first-order valence-electron chi connectivity index (χ1n) is 7.69. The first kappa shape index (κ1) is 14.8. The van der Waals surface area contributed by atoms with E-state index in [2.05, 4.69) is 35.0 Å². The fraction of sp³-hybridized carbons (Fsp3) is 0.875. The molecule has 2 saturated heterocycles. The van der Waals surface area contributed by atoms with Crippen LogP contribution in [0.5, 0.6) is 0 Å². The van der Waals surface area contributed by atoms with Gasteiger partial charge < -0.3 is 10.2 Å². The van der Waals surface area contributed by atoms with E-state index in [4.69, 9.17) is 6.42 Å². The molecular weight excluding hydrogens is 234 g/mol. The van der Waals surface area contributed by atoms with Crippen LogP contribution in [0.3, 0.4) is 0 Å². The van der Waals surface area contributed by atoms with Gasteiger partial charge in [-0.3, -0.25) is 4.90 Å². The third kappa shape index (κ3) is 4.49. The topological polar surface area (TPSA) is 18.5 Å². The van der Waals surface area contributed by atoms with Gasteiger partial charge in [0.25, 0.3) is 0 Å². The quantitative estimate of drug-likeness (QED) is 0.774. The number of hydrogen-bond acceptors (Lipinski definition) is 3. The first-order chi connectivity index (χ1) is 9.11. The zero-order valence-electron chi connectivity index (χ0n) is 12.6. The van der Waals surface area contributed by atoms with E-state index in [-0.39, 0.29) is 0 Å². The largest absolute Gasteiger partial charge is 0.313 e. The Balaban J connectivity index is 1.68. The van der Waals surface area contributed by atoms with E-state index in [0.717, 1.165) is 19.6 Å². The molecule has 0 aromatic carbocycles. The minimum Gasteiger partial charge on any atom is -0.313 e. The van der Waals surface area contributed by atoms with Crippen LogP contribution in [0.4, 0.5) is 0 Å². The van der Waals surface area contributed by atoms with Crippen LogP contribution < -0.4 is 5.32 Å². The lowest BCUT2D eigenvalue weighted by molar-refractivity contribution is 0.126. The van der Waals surface area contributed by atoms with Crippen molar-refractivity contribution in [2.24, 2.45) is 5.41 Å². The summed E-state index contributed by atoms with van der Waals surface area (Å²) >= 11 is 0. The van der Waals surface area contributed by atoms with Crippen molar-refractivity contribution in [1.82, 2.24) is 15.1 Å². The second kappa shape index (κ2) is 6.74. The minimum absolute atomic E-state index is 0.502. The number of terminal acetylenes is 1. The molecule has 3 nitrogen and oxygen atoms in total. The molecule has 0 atom stereocenters. The SMILES string of the molecule is C#CCN1CCC(NCC2(C)CCN(C)CC2)CC1. The number of nitrogens with zero attached hydrogens (tertiary/aromatic N) is 2. The molecule has 2 rings (SSSR count). The monoisotopic (exact) mass is 263 g/mol. The fourth-order valence-electron chi connectivity index (χ4n) is 3.15. The lowest BCUT2D eigenvalue weighted by Crippen LogP contribution is -2.48. The molecule has 0 aromatic heterocycles. The van der Waals surface area contributed by atoms with E-state index < -0.39 is 0 Å². The zero-order valence-corrected chi connectivity index (χ0v) is 12.6. The highest BCUT2D eigenvalue weighted by Gasteiger charge is 2.29. The Morgan fingerprint density at radius 2 is 1.84 bits per heavy atom. The van der Waals surface area contributed by atoms with E-state index in [1.165, 1.54) is 45.3 Å². The summed E-state index contributed by atoms with van der Waals surface area (Å²) in [5.41, 5.74) is 0.502. The molecule has 2 fully saturated rings.